The highest BCUT2D eigenvalue weighted by molar-refractivity contribution is 7.89. The molecule has 1 saturated carbocycles. The van der Waals surface area contributed by atoms with Crippen LogP contribution in [-0.2, 0) is 26.0 Å². The van der Waals surface area contributed by atoms with Crippen molar-refractivity contribution in [2.45, 2.75) is 49.8 Å². The van der Waals surface area contributed by atoms with E-state index in [0.29, 0.717) is 44.0 Å². The predicted molar refractivity (Wildman–Crippen MR) is 104 cm³/mol. The molecule has 3 rings (SSSR count). The highest BCUT2D eigenvalue weighted by Crippen LogP contribution is 2.28. The summed E-state index contributed by atoms with van der Waals surface area (Å²) in [7, 11) is -3.37. The van der Waals surface area contributed by atoms with Gasteiger partial charge in [0.1, 0.15) is 0 Å². The van der Waals surface area contributed by atoms with Gasteiger partial charge in [0.05, 0.1) is 4.90 Å². The molecule has 1 aromatic carbocycles. The van der Waals surface area contributed by atoms with Gasteiger partial charge in [-0.05, 0) is 62.1 Å². The number of ether oxygens (including phenoxy) is 1. The molecular weight excluding hydrogens is 364 g/mol. The molecule has 0 bridgehead atoms. The van der Waals surface area contributed by atoms with Crippen molar-refractivity contribution in [1.82, 2.24) is 9.62 Å². The van der Waals surface area contributed by atoms with Crippen molar-refractivity contribution in [2.24, 2.45) is 5.92 Å². The Morgan fingerprint density at radius 3 is 2.52 bits per heavy atom. The lowest BCUT2D eigenvalue weighted by atomic mass is 10.1. The minimum Gasteiger partial charge on any atom is -0.381 e. The van der Waals surface area contributed by atoms with Crippen LogP contribution < -0.4 is 5.32 Å². The number of hydrogen-bond acceptors (Lipinski definition) is 4. The van der Waals surface area contributed by atoms with E-state index < -0.39 is 10.0 Å². The number of nitrogens with one attached hydrogen (secondary N) is 1. The molecule has 2 fully saturated rings. The predicted octanol–water partition coefficient (Wildman–Crippen LogP) is 2.34. The fourth-order valence-corrected chi connectivity index (χ4v) is 4.71. The van der Waals surface area contributed by atoms with Crippen molar-refractivity contribution in [1.29, 1.82) is 0 Å². The Balaban J connectivity index is 1.34. The number of nitrogens with zero attached hydrogens (tertiary/aromatic N) is 1. The zero-order valence-corrected chi connectivity index (χ0v) is 16.7. The van der Waals surface area contributed by atoms with E-state index in [0.717, 1.165) is 37.4 Å². The Morgan fingerprint density at radius 2 is 1.85 bits per heavy atom. The SMILES string of the molecule is O=C(CCc1ccc(S(=O)(=O)N2CCCC2)cc1)NCCCOCC1CC1. The molecule has 6 nitrogen and oxygen atoms in total. The third-order valence-corrected chi connectivity index (χ3v) is 7.02. The summed E-state index contributed by atoms with van der Waals surface area (Å²) >= 11 is 0. The molecular formula is C20H30N2O4S. The van der Waals surface area contributed by atoms with E-state index in [1.807, 2.05) is 12.1 Å². The molecule has 0 spiro atoms. The molecule has 0 radical (unpaired) electrons. The highest BCUT2D eigenvalue weighted by Gasteiger charge is 2.26. The highest BCUT2D eigenvalue weighted by atomic mass is 32.2. The van der Waals surface area contributed by atoms with Crippen LogP contribution in [0.3, 0.4) is 0 Å². The third-order valence-electron chi connectivity index (χ3n) is 5.10. The van der Waals surface area contributed by atoms with Crippen LogP contribution in [0.1, 0.15) is 44.1 Å². The van der Waals surface area contributed by atoms with Crippen molar-refractivity contribution in [3.05, 3.63) is 29.8 Å². The van der Waals surface area contributed by atoms with Gasteiger partial charge in [-0.25, -0.2) is 8.42 Å². The first-order valence-electron chi connectivity index (χ1n) is 9.99. The fourth-order valence-electron chi connectivity index (χ4n) is 3.19. The van der Waals surface area contributed by atoms with E-state index in [1.54, 1.807) is 16.4 Å². The van der Waals surface area contributed by atoms with Crippen molar-refractivity contribution >= 4 is 15.9 Å². The van der Waals surface area contributed by atoms with E-state index >= 15 is 0 Å². The van der Waals surface area contributed by atoms with E-state index in [1.165, 1.54) is 12.8 Å². The van der Waals surface area contributed by atoms with Crippen LogP contribution in [0.15, 0.2) is 29.2 Å². The van der Waals surface area contributed by atoms with Gasteiger partial charge in [0.2, 0.25) is 15.9 Å². The number of amides is 1. The molecule has 0 atom stereocenters. The maximum Gasteiger partial charge on any atom is 0.243 e. The summed E-state index contributed by atoms with van der Waals surface area (Å²) in [4.78, 5) is 12.2. The van der Waals surface area contributed by atoms with Crippen LogP contribution >= 0.6 is 0 Å². The molecule has 1 saturated heterocycles. The first-order valence-corrected chi connectivity index (χ1v) is 11.4. The number of sulfonamides is 1. The second kappa shape index (κ2) is 9.66. The van der Waals surface area contributed by atoms with Gasteiger partial charge >= 0.3 is 0 Å². The zero-order chi connectivity index (χ0) is 19.1. The van der Waals surface area contributed by atoms with Gasteiger partial charge in [0.25, 0.3) is 0 Å². The fraction of sp³-hybridized carbons (Fsp3) is 0.650. The Morgan fingerprint density at radius 1 is 1.15 bits per heavy atom. The minimum absolute atomic E-state index is 0.0194. The summed E-state index contributed by atoms with van der Waals surface area (Å²) in [5.41, 5.74) is 0.971. The standard InChI is InChI=1S/C20H30N2O4S/c23-20(21-12-3-15-26-16-18-4-5-18)11-8-17-6-9-19(10-7-17)27(24,25)22-13-1-2-14-22/h6-7,9-10,18H,1-5,8,11-16H2,(H,21,23). The van der Waals surface area contributed by atoms with Gasteiger partial charge in [-0.1, -0.05) is 12.1 Å². The molecule has 150 valence electrons. The van der Waals surface area contributed by atoms with Crippen molar-refractivity contribution in [3.8, 4) is 0 Å². The summed E-state index contributed by atoms with van der Waals surface area (Å²) in [6, 6.07) is 6.92. The largest absolute Gasteiger partial charge is 0.381 e. The van der Waals surface area contributed by atoms with Crippen molar-refractivity contribution in [2.75, 3.05) is 32.8 Å². The Bertz CT molecular complexity index is 708. The third kappa shape index (κ3) is 6.30. The van der Waals surface area contributed by atoms with Crippen molar-refractivity contribution < 1.29 is 17.9 Å². The van der Waals surface area contributed by atoms with Crippen LogP contribution in [0.2, 0.25) is 0 Å². The van der Waals surface area contributed by atoms with Gasteiger partial charge in [-0.3, -0.25) is 4.79 Å². The number of hydrogen-bond donors (Lipinski definition) is 1. The Kier molecular flexibility index (Phi) is 7.26. The second-order valence-electron chi connectivity index (χ2n) is 7.48. The molecule has 0 unspecified atom stereocenters. The van der Waals surface area contributed by atoms with Crippen molar-refractivity contribution in [3.63, 3.8) is 0 Å². The summed E-state index contributed by atoms with van der Waals surface area (Å²) in [6.45, 7) is 3.41. The van der Waals surface area contributed by atoms with E-state index in [9.17, 15) is 13.2 Å². The van der Waals surface area contributed by atoms with Gasteiger partial charge in [-0.2, -0.15) is 4.31 Å². The number of benzene rings is 1. The molecule has 1 amide bonds. The van der Waals surface area contributed by atoms with E-state index in [4.69, 9.17) is 4.74 Å². The monoisotopic (exact) mass is 394 g/mol. The molecule has 7 heteroatoms. The molecule has 1 aliphatic carbocycles. The number of carbonyl (C=O) groups excluding carboxylic acids is 1. The number of rotatable bonds is 11. The summed E-state index contributed by atoms with van der Waals surface area (Å²) in [6.07, 6.45) is 6.29. The lowest BCUT2D eigenvalue weighted by Crippen LogP contribution is -2.27. The molecule has 1 N–H and O–H groups in total. The van der Waals surface area contributed by atoms with Crippen LogP contribution in [0.25, 0.3) is 0 Å². The minimum atomic E-state index is -3.37. The average Bonchev–Trinajstić information content (AvgIpc) is 3.32. The maximum atomic E-state index is 12.5. The Hall–Kier alpha value is -1.44. The topological polar surface area (TPSA) is 75.7 Å². The molecule has 2 aliphatic rings. The molecule has 27 heavy (non-hydrogen) atoms. The van der Waals surface area contributed by atoms with Gasteiger partial charge in [0, 0.05) is 39.3 Å². The quantitative estimate of drug-likeness (QED) is 0.585. The van der Waals surface area contributed by atoms with Crippen LogP contribution in [-0.4, -0.2) is 51.5 Å². The van der Waals surface area contributed by atoms with Crippen LogP contribution in [0, 0.1) is 5.92 Å². The first-order chi connectivity index (χ1) is 13.1. The van der Waals surface area contributed by atoms with Gasteiger partial charge < -0.3 is 10.1 Å². The van der Waals surface area contributed by atoms with Gasteiger partial charge in [-0.15, -0.1) is 0 Å². The number of aryl methyl sites for hydroxylation is 1. The summed E-state index contributed by atoms with van der Waals surface area (Å²) in [5.74, 6) is 0.794. The lowest BCUT2D eigenvalue weighted by Gasteiger charge is -2.15. The number of carbonyl (C=O) groups is 1. The first kappa shape index (κ1) is 20.3. The molecule has 1 heterocycles. The average molecular weight is 395 g/mol. The Labute approximate surface area is 162 Å². The molecule has 1 aromatic rings. The maximum absolute atomic E-state index is 12.5. The molecule has 0 aromatic heterocycles. The smallest absolute Gasteiger partial charge is 0.243 e. The molecule has 1 aliphatic heterocycles. The lowest BCUT2D eigenvalue weighted by molar-refractivity contribution is -0.121. The summed E-state index contributed by atoms with van der Waals surface area (Å²) < 4.78 is 32.1. The summed E-state index contributed by atoms with van der Waals surface area (Å²) in [5, 5.41) is 2.91. The van der Waals surface area contributed by atoms with E-state index in [2.05, 4.69) is 5.32 Å². The van der Waals surface area contributed by atoms with E-state index in [-0.39, 0.29) is 5.91 Å². The zero-order valence-electron chi connectivity index (χ0n) is 15.9. The van der Waals surface area contributed by atoms with Crippen LogP contribution in [0.5, 0.6) is 0 Å². The van der Waals surface area contributed by atoms with Crippen LogP contribution in [0.4, 0.5) is 0 Å². The van der Waals surface area contributed by atoms with Gasteiger partial charge in [0.15, 0.2) is 0 Å². The second-order valence-corrected chi connectivity index (χ2v) is 9.41. The normalized spacial score (nSPS) is 17.9.